The lowest BCUT2D eigenvalue weighted by atomic mass is 10.2. The molecule has 0 aromatic heterocycles. The highest BCUT2D eigenvalue weighted by molar-refractivity contribution is 7.41. The molecular weight excluding hydrogens is 349 g/mol. The first-order valence-electron chi connectivity index (χ1n) is 9.49. The van der Waals surface area contributed by atoms with E-state index in [1.807, 2.05) is 0 Å². The van der Waals surface area contributed by atoms with Crippen molar-refractivity contribution in [3.8, 4) is 0 Å². The van der Waals surface area contributed by atoms with Crippen molar-refractivity contribution in [1.82, 2.24) is 15.2 Å². The van der Waals surface area contributed by atoms with E-state index in [0.29, 0.717) is 0 Å². The van der Waals surface area contributed by atoms with Gasteiger partial charge < -0.3 is 0 Å². The second kappa shape index (κ2) is 11.7. The van der Waals surface area contributed by atoms with E-state index in [1.165, 1.54) is 19.3 Å². The van der Waals surface area contributed by atoms with Crippen LogP contribution in [0, 0.1) is 0 Å². The van der Waals surface area contributed by atoms with E-state index in [0.717, 1.165) is 77.8 Å². The molecule has 146 valence electrons. The lowest BCUT2D eigenvalue weighted by Crippen LogP contribution is -2.32. The summed E-state index contributed by atoms with van der Waals surface area (Å²) >= 11 is 0. The van der Waals surface area contributed by atoms with Crippen LogP contribution in [0.25, 0.3) is 0 Å². The first kappa shape index (κ1) is 19.8. The molecule has 3 aliphatic rings. The van der Waals surface area contributed by atoms with Crippen LogP contribution in [0.5, 0.6) is 0 Å². The number of hydrogen-bond acceptors (Lipinski definition) is 9. The van der Waals surface area contributed by atoms with Crippen molar-refractivity contribution in [3.05, 3.63) is 0 Å². The van der Waals surface area contributed by atoms with Crippen LogP contribution in [-0.4, -0.2) is 54.5 Å². The fraction of sp³-hybridized carbons (Fsp3) is 1.00. The fourth-order valence-corrected chi connectivity index (χ4v) is 3.60. The Bertz CT molecular complexity index is 300. The topological polar surface area (TPSA) is 65.1 Å². The minimum absolute atomic E-state index is 0.836. The highest BCUT2D eigenvalue weighted by atomic mass is 31.2. The molecule has 0 amide bonds. The lowest BCUT2D eigenvalue weighted by Gasteiger charge is -2.28. The third-order valence-corrected chi connectivity index (χ3v) is 5.11. The Morgan fingerprint density at radius 2 is 0.680 bits per heavy atom. The van der Waals surface area contributed by atoms with Crippen molar-refractivity contribution in [2.24, 2.45) is 0 Å². The van der Waals surface area contributed by atoms with Crippen molar-refractivity contribution in [2.75, 3.05) is 39.3 Å². The highest BCUT2D eigenvalue weighted by Crippen LogP contribution is 2.42. The Hall–Kier alpha value is 0.0700. The van der Waals surface area contributed by atoms with Crippen LogP contribution < -0.4 is 0 Å². The maximum atomic E-state index is 5.34. The van der Waals surface area contributed by atoms with E-state index in [2.05, 4.69) is 0 Å². The first-order chi connectivity index (χ1) is 12.4. The van der Waals surface area contributed by atoms with Gasteiger partial charge in [-0.25, -0.2) is 0 Å². The summed E-state index contributed by atoms with van der Waals surface area (Å²) in [6, 6.07) is 0. The Labute approximate surface area is 150 Å². The molecule has 0 atom stereocenters. The average Bonchev–Trinajstić information content (AvgIpc) is 2.70. The molecule has 0 unspecified atom stereocenters. The molecule has 0 spiro atoms. The monoisotopic (exact) mass is 379 g/mol. The number of hydrogen-bond donors (Lipinski definition) is 0. The summed E-state index contributed by atoms with van der Waals surface area (Å²) in [5, 5.41) is 5.31. The number of piperidine rings is 3. The zero-order chi connectivity index (χ0) is 17.2. The number of hydroxylamine groups is 6. The van der Waals surface area contributed by atoms with Gasteiger partial charge in [-0.05, 0) is 38.5 Å². The normalized spacial score (nSPS) is 24.8. The van der Waals surface area contributed by atoms with Crippen LogP contribution in [0.15, 0.2) is 0 Å². The zero-order valence-electron chi connectivity index (χ0n) is 14.8. The van der Waals surface area contributed by atoms with Crippen LogP contribution in [0.4, 0.5) is 0 Å². The molecule has 0 saturated carbocycles. The molecular formula is C15H30N3O6P. The van der Waals surface area contributed by atoms with E-state index < -0.39 is 8.60 Å². The lowest BCUT2D eigenvalue weighted by molar-refractivity contribution is -0.445. The van der Waals surface area contributed by atoms with Crippen molar-refractivity contribution in [1.29, 1.82) is 0 Å². The molecule has 9 nitrogen and oxygen atoms in total. The number of nitrogens with zero attached hydrogens (tertiary/aromatic N) is 3. The standard InChI is InChI=1S/C15H30N3O6P/c1-4-10-16(11-5-1)19-22-25(23-20-17-12-6-2-7-13-17)24-21-18-14-8-3-9-15-18/h1-15H2. The zero-order valence-corrected chi connectivity index (χ0v) is 15.7. The van der Waals surface area contributed by atoms with Crippen LogP contribution in [0.1, 0.15) is 57.8 Å². The van der Waals surface area contributed by atoms with Crippen LogP contribution in [-0.2, 0) is 29.0 Å². The molecule has 0 radical (unpaired) electrons. The first-order valence-corrected chi connectivity index (χ1v) is 10.6. The minimum Gasteiger partial charge on any atom is -0.156 e. The van der Waals surface area contributed by atoms with Gasteiger partial charge in [-0.1, -0.05) is 19.3 Å². The summed E-state index contributed by atoms with van der Waals surface area (Å²) in [6.45, 7) is 5.02. The minimum atomic E-state index is -1.93. The fourth-order valence-electron chi connectivity index (χ4n) is 3.08. The SMILES string of the molecule is C1CCN(OOP(OON2CCCCC2)OON2CCCCC2)CC1. The van der Waals surface area contributed by atoms with E-state index >= 15 is 0 Å². The van der Waals surface area contributed by atoms with E-state index in [4.69, 9.17) is 29.0 Å². The molecule has 3 fully saturated rings. The molecule has 0 aliphatic carbocycles. The van der Waals surface area contributed by atoms with Gasteiger partial charge in [-0.15, -0.1) is 29.0 Å². The van der Waals surface area contributed by atoms with Gasteiger partial charge in [0.05, 0.1) is 0 Å². The summed E-state index contributed by atoms with van der Waals surface area (Å²) in [5.74, 6) is 0. The molecule has 3 heterocycles. The second-order valence-electron chi connectivity index (χ2n) is 6.64. The summed E-state index contributed by atoms with van der Waals surface area (Å²) in [4.78, 5) is 16.0. The molecule has 0 N–H and O–H groups in total. The van der Waals surface area contributed by atoms with Gasteiger partial charge in [0.2, 0.25) is 0 Å². The molecule has 25 heavy (non-hydrogen) atoms. The largest absolute Gasteiger partial charge is 0.426 e. The summed E-state index contributed by atoms with van der Waals surface area (Å²) < 4.78 is 15.9. The highest BCUT2D eigenvalue weighted by Gasteiger charge is 2.25. The number of rotatable bonds is 9. The van der Waals surface area contributed by atoms with E-state index in [9.17, 15) is 0 Å². The Morgan fingerprint density at radius 1 is 0.400 bits per heavy atom. The molecule has 0 aromatic carbocycles. The van der Waals surface area contributed by atoms with Gasteiger partial charge in [0.1, 0.15) is 0 Å². The van der Waals surface area contributed by atoms with Crippen LogP contribution in [0.3, 0.4) is 0 Å². The van der Waals surface area contributed by atoms with Gasteiger partial charge in [0.15, 0.2) is 0 Å². The third-order valence-electron chi connectivity index (χ3n) is 4.54. The predicted octanol–water partition coefficient (Wildman–Crippen LogP) is 3.26. The Kier molecular flexibility index (Phi) is 9.29. The second-order valence-corrected chi connectivity index (χ2v) is 7.53. The van der Waals surface area contributed by atoms with Gasteiger partial charge >= 0.3 is 8.60 Å². The predicted molar refractivity (Wildman–Crippen MR) is 89.7 cm³/mol. The molecule has 3 saturated heterocycles. The quantitative estimate of drug-likeness (QED) is 0.341. The van der Waals surface area contributed by atoms with Crippen LogP contribution in [0.2, 0.25) is 0 Å². The molecule has 3 rings (SSSR count). The summed E-state index contributed by atoms with van der Waals surface area (Å²) in [6.07, 6.45) is 10.2. The van der Waals surface area contributed by atoms with E-state index in [1.54, 1.807) is 15.2 Å². The molecule has 3 aliphatic heterocycles. The molecule has 0 aromatic rings. The maximum Gasteiger partial charge on any atom is 0.426 e. The Balaban J connectivity index is 1.39. The van der Waals surface area contributed by atoms with Crippen LogP contribution >= 0.6 is 8.60 Å². The molecule has 10 heteroatoms. The van der Waals surface area contributed by atoms with Gasteiger partial charge in [-0.3, -0.25) is 0 Å². The summed E-state index contributed by atoms with van der Waals surface area (Å²) in [5.41, 5.74) is 0. The third kappa shape index (κ3) is 7.68. The van der Waals surface area contributed by atoms with Crippen molar-refractivity contribution < 1.29 is 29.0 Å². The van der Waals surface area contributed by atoms with Gasteiger partial charge in [0, 0.05) is 39.3 Å². The van der Waals surface area contributed by atoms with Crippen molar-refractivity contribution in [3.63, 3.8) is 0 Å². The maximum absolute atomic E-state index is 5.34. The van der Waals surface area contributed by atoms with Crippen molar-refractivity contribution >= 4 is 8.60 Å². The van der Waals surface area contributed by atoms with E-state index in [-0.39, 0.29) is 0 Å². The summed E-state index contributed by atoms with van der Waals surface area (Å²) in [7, 11) is -1.93. The molecule has 0 bridgehead atoms. The van der Waals surface area contributed by atoms with Gasteiger partial charge in [-0.2, -0.15) is 15.2 Å². The van der Waals surface area contributed by atoms with Gasteiger partial charge in [0.25, 0.3) is 0 Å². The smallest absolute Gasteiger partial charge is 0.156 e. The average molecular weight is 379 g/mol. The van der Waals surface area contributed by atoms with Crippen molar-refractivity contribution in [2.45, 2.75) is 57.8 Å². The Morgan fingerprint density at radius 3 is 0.960 bits per heavy atom.